The van der Waals surface area contributed by atoms with Crippen LogP contribution in [-0.2, 0) is 4.74 Å². The van der Waals surface area contributed by atoms with Gasteiger partial charge in [0.05, 0.1) is 12.5 Å². The maximum Gasteiger partial charge on any atom is 0.393 e. The average molecular weight is 280 g/mol. The van der Waals surface area contributed by atoms with Crippen LogP contribution in [0.15, 0.2) is 0 Å². The quantitative estimate of drug-likeness (QED) is 0.851. The Hall–Kier alpha value is -0.330. The summed E-state index contributed by atoms with van der Waals surface area (Å²) in [5.41, 5.74) is 0. The molecule has 2 heterocycles. The van der Waals surface area contributed by atoms with Crippen LogP contribution in [0.2, 0.25) is 0 Å². The number of piperidine rings is 1. The van der Waals surface area contributed by atoms with Crippen LogP contribution < -0.4 is 5.32 Å². The molecule has 2 rings (SSSR count). The zero-order valence-corrected chi connectivity index (χ0v) is 11.4. The Bertz CT molecular complexity index is 280. The molecule has 3 nitrogen and oxygen atoms in total. The van der Waals surface area contributed by atoms with Crippen molar-refractivity contribution in [1.82, 2.24) is 10.2 Å². The lowest BCUT2D eigenvalue weighted by atomic mass is 9.94. The zero-order valence-electron chi connectivity index (χ0n) is 11.4. The van der Waals surface area contributed by atoms with Crippen LogP contribution in [0.5, 0.6) is 0 Å². The summed E-state index contributed by atoms with van der Waals surface area (Å²) in [6.07, 6.45) is -2.13. The SMILES string of the molecule is CNC(CN1CCCC(C(F)(F)F)C1)C1CCOC1. The van der Waals surface area contributed by atoms with E-state index in [-0.39, 0.29) is 19.0 Å². The lowest BCUT2D eigenvalue weighted by Gasteiger charge is -2.36. The second-order valence-corrected chi connectivity index (χ2v) is 5.66. The molecular weight excluding hydrogens is 257 g/mol. The molecule has 0 saturated carbocycles. The molecule has 3 atom stereocenters. The van der Waals surface area contributed by atoms with Crippen molar-refractivity contribution in [2.24, 2.45) is 11.8 Å². The fourth-order valence-corrected chi connectivity index (χ4v) is 3.11. The number of ether oxygens (including phenoxy) is 1. The first-order valence-electron chi connectivity index (χ1n) is 7.04. The number of hydrogen-bond donors (Lipinski definition) is 1. The van der Waals surface area contributed by atoms with Crippen molar-refractivity contribution in [2.45, 2.75) is 31.5 Å². The van der Waals surface area contributed by atoms with E-state index in [2.05, 4.69) is 5.32 Å². The first-order valence-corrected chi connectivity index (χ1v) is 7.04. The largest absolute Gasteiger partial charge is 0.393 e. The smallest absolute Gasteiger partial charge is 0.381 e. The summed E-state index contributed by atoms with van der Waals surface area (Å²) in [5.74, 6) is -0.727. The molecule has 0 aromatic carbocycles. The van der Waals surface area contributed by atoms with Crippen molar-refractivity contribution < 1.29 is 17.9 Å². The van der Waals surface area contributed by atoms with Gasteiger partial charge in [0, 0.05) is 31.7 Å². The molecular formula is C13H23F3N2O. The first-order chi connectivity index (χ1) is 9.00. The molecule has 19 heavy (non-hydrogen) atoms. The Morgan fingerprint density at radius 1 is 1.37 bits per heavy atom. The molecule has 0 aliphatic carbocycles. The Morgan fingerprint density at radius 2 is 2.16 bits per heavy atom. The van der Waals surface area contributed by atoms with Gasteiger partial charge in [-0.2, -0.15) is 13.2 Å². The van der Waals surface area contributed by atoms with E-state index in [1.165, 1.54) is 0 Å². The van der Waals surface area contributed by atoms with Crippen molar-refractivity contribution >= 4 is 0 Å². The summed E-state index contributed by atoms with van der Waals surface area (Å²) < 4.78 is 43.7. The van der Waals surface area contributed by atoms with E-state index in [9.17, 15) is 13.2 Å². The maximum atomic E-state index is 12.8. The predicted octanol–water partition coefficient (Wildman–Crippen LogP) is 1.89. The van der Waals surface area contributed by atoms with Gasteiger partial charge in [0.25, 0.3) is 0 Å². The normalized spacial score (nSPS) is 31.6. The van der Waals surface area contributed by atoms with Crippen molar-refractivity contribution in [2.75, 3.05) is 39.9 Å². The summed E-state index contributed by atoms with van der Waals surface area (Å²) in [5, 5.41) is 3.24. The molecule has 0 bridgehead atoms. The Morgan fingerprint density at radius 3 is 2.74 bits per heavy atom. The average Bonchev–Trinajstić information content (AvgIpc) is 2.89. The number of halogens is 3. The van der Waals surface area contributed by atoms with Crippen LogP contribution in [0.25, 0.3) is 0 Å². The third-order valence-corrected chi connectivity index (χ3v) is 4.33. The molecule has 2 aliphatic heterocycles. The fraction of sp³-hybridized carbons (Fsp3) is 1.00. The third kappa shape index (κ3) is 4.07. The molecule has 112 valence electrons. The van der Waals surface area contributed by atoms with Crippen LogP contribution in [0.1, 0.15) is 19.3 Å². The highest BCUT2D eigenvalue weighted by Gasteiger charge is 2.42. The Labute approximate surface area is 112 Å². The van der Waals surface area contributed by atoms with Gasteiger partial charge in [-0.25, -0.2) is 0 Å². The van der Waals surface area contributed by atoms with Crippen molar-refractivity contribution in [3.63, 3.8) is 0 Å². The first kappa shape index (κ1) is 15.1. The van der Waals surface area contributed by atoms with Gasteiger partial charge >= 0.3 is 6.18 Å². The van der Waals surface area contributed by atoms with E-state index in [4.69, 9.17) is 4.74 Å². The minimum absolute atomic E-state index is 0.148. The number of nitrogens with zero attached hydrogens (tertiary/aromatic N) is 1. The minimum atomic E-state index is -4.05. The molecule has 2 saturated heterocycles. The highest BCUT2D eigenvalue weighted by Crippen LogP contribution is 2.33. The number of rotatable bonds is 4. The molecule has 2 fully saturated rings. The summed E-state index contributed by atoms with van der Waals surface area (Å²) in [7, 11) is 1.88. The van der Waals surface area contributed by atoms with Gasteiger partial charge in [0.2, 0.25) is 0 Å². The molecule has 0 amide bonds. The monoisotopic (exact) mass is 280 g/mol. The standard InChI is InChI=1S/C13H23F3N2O/c1-17-12(10-4-6-19-9-10)8-18-5-2-3-11(7-18)13(14,15)16/h10-12,17H,2-9H2,1H3. The molecule has 6 heteroatoms. The van der Waals surface area contributed by atoms with Gasteiger partial charge in [0.1, 0.15) is 0 Å². The van der Waals surface area contributed by atoms with E-state index in [0.29, 0.717) is 18.9 Å². The molecule has 0 radical (unpaired) electrons. The number of likely N-dealkylation sites (tertiary alicyclic amines) is 1. The lowest BCUT2D eigenvalue weighted by molar-refractivity contribution is -0.187. The van der Waals surface area contributed by atoms with Crippen molar-refractivity contribution in [3.8, 4) is 0 Å². The van der Waals surface area contributed by atoms with Crippen LogP contribution in [0.3, 0.4) is 0 Å². The molecule has 3 unspecified atom stereocenters. The van der Waals surface area contributed by atoms with Crippen LogP contribution in [0.4, 0.5) is 13.2 Å². The van der Waals surface area contributed by atoms with Crippen LogP contribution in [-0.4, -0.2) is 57.0 Å². The van der Waals surface area contributed by atoms with E-state index >= 15 is 0 Å². The molecule has 2 aliphatic rings. The Balaban J connectivity index is 1.86. The van der Waals surface area contributed by atoms with E-state index in [1.807, 2.05) is 11.9 Å². The van der Waals surface area contributed by atoms with Gasteiger partial charge < -0.3 is 15.0 Å². The van der Waals surface area contributed by atoms with E-state index < -0.39 is 12.1 Å². The number of hydrogen-bond acceptors (Lipinski definition) is 3. The van der Waals surface area contributed by atoms with E-state index in [1.54, 1.807) is 0 Å². The third-order valence-electron chi connectivity index (χ3n) is 4.33. The van der Waals surface area contributed by atoms with Crippen LogP contribution in [0, 0.1) is 11.8 Å². The summed E-state index contributed by atoms with van der Waals surface area (Å²) >= 11 is 0. The Kier molecular flexibility index (Phi) is 5.09. The molecule has 0 aromatic rings. The van der Waals surface area contributed by atoms with Crippen molar-refractivity contribution in [3.05, 3.63) is 0 Å². The van der Waals surface area contributed by atoms with E-state index in [0.717, 1.165) is 26.2 Å². The van der Waals surface area contributed by atoms with Crippen molar-refractivity contribution in [1.29, 1.82) is 0 Å². The van der Waals surface area contributed by atoms with Gasteiger partial charge in [-0.05, 0) is 32.9 Å². The minimum Gasteiger partial charge on any atom is -0.381 e. The fourth-order valence-electron chi connectivity index (χ4n) is 3.11. The summed E-state index contributed by atoms with van der Waals surface area (Å²) in [6.45, 7) is 3.11. The zero-order chi connectivity index (χ0) is 13.9. The number of alkyl halides is 3. The molecule has 1 N–H and O–H groups in total. The summed E-state index contributed by atoms with van der Waals surface area (Å²) in [4.78, 5) is 1.96. The summed E-state index contributed by atoms with van der Waals surface area (Å²) in [6, 6.07) is 0.231. The second kappa shape index (κ2) is 6.41. The number of likely N-dealkylation sites (N-methyl/N-ethyl adjacent to an activating group) is 1. The van der Waals surface area contributed by atoms with Gasteiger partial charge in [-0.15, -0.1) is 0 Å². The van der Waals surface area contributed by atoms with Gasteiger partial charge in [0.15, 0.2) is 0 Å². The highest BCUT2D eigenvalue weighted by atomic mass is 19.4. The predicted molar refractivity (Wildman–Crippen MR) is 67.0 cm³/mol. The molecule has 0 spiro atoms. The second-order valence-electron chi connectivity index (χ2n) is 5.66. The topological polar surface area (TPSA) is 24.5 Å². The van der Waals surface area contributed by atoms with Crippen LogP contribution >= 0.6 is 0 Å². The molecule has 0 aromatic heterocycles. The maximum absolute atomic E-state index is 12.8. The number of nitrogens with one attached hydrogen (secondary N) is 1. The van der Waals surface area contributed by atoms with Gasteiger partial charge in [-0.1, -0.05) is 0 Å². The van der Waals surface area contributed by atoms with Gasteiger partial charge in [-0.3, -0.25) is 0 Å². The lowest BCUT2D eigenvalue weighted by Crippen LogP contribution is -2.49. The highest BCUT2D eigenvalue weighted by molar-refractivity contribution is 4.85.